The molecule has 3 rings (SSSR count). The molecular formula is C19H25N5O2S. The smallest absolute Gasteiger partial charge is 0.230 e. The van der Waals surface area contributed by atoms with E-state index < -0.39 is 0 Å². The van der Waals surface area contributed by atoms with E-state index >= 15 is 0 Å². The van der Waals surface area contributed by atoms with Gasteiger partial charge in [0.1, 0.15) is 5.82 Å². The van der Waals surface area contributed by atoms with Crippen molar-refractivity contribution in [2.45, 2.75) is 37.9 Å². The number of amides is 2. The van der Waals surface area contributed by atoms with Gasteiger partial charge in [0, 0.05) is 26.1 Å². The summed E-state index contributed by atoms with van der Waals surface area (Å²) in [5.74, 6) is 1.33. The van der Waals surface area contributed by atoms with Crippen molar-refractivity contribution in [1.82, 2.24) is 25.0 Å². The lowest BCUT2D eigenvalue weighted by Crippen LogP contribution is -2.31. The highest BCUT2D eigenvalue weighted by atomic mass is 32.2. The van der Waals surface area contributed by atoms with Crippen molar-refractivity contribution in [3.63, 3.8) is 0 Å². The number of hydrogen-bond donors (Lipinski definition) is 1. The van der Waals surface area contributed by atoms with Gasteiger partial charge in [-0.1, -0.05) is 42.1 Å². The molecule has 1 saturated heterocycles. The average Bonchev–Trinajstić information content (AvgIpc) is 3.24. The fraction of sp³-hybridized carbons (Fsp3) is 0.474. The fourth-order valence-electron chi connectivity index (χ4n) is 3.04. The Labute approximate surface area is 163 Å². The Hall–Kier alpha value is -2.35. The summed E-state index contributed by atoms with van der Waals surface area (Å²) in [5.41, 5.74) is 1.17. The maximum Gasteiger partial charge on any atom is 0.230 e. The van der Waals surface area contributed by atoms with E-state index in [1.165, 1.54) is 17.3 Å². The van der Waals surface area contributed by atoms with Crippen LogP contribution in [-0.4, -0.2) is 56.9 Å². The number of hydrogen-bond acceptors (Lipinski definition) is 5. The number of aromatic nitrogens is 3. The van der Waals surface area contributed by atoms with Gasteiger partial charge in [-0.05, 0) is 25.3 Å². The molecular weight excluding hydrogens is 362 g/mol. The summed E-state index contributed by atoms with van der Waals surface area (Å²) in [6.07, 6.45) is 2.39. The molecule has 1 aliphatic heterocycles. The van der Waals surface area contributed by atoms with Crippen LogP contribution in [0.1, 0.15) is 30.7 Å². The first-order valence-electron chi connectivity index (χ1n) is 9.24. The van der Waals surface area contributed by atoms with Crippen LogP contribution in [0.15, 0.2) is 35.5 Å². The zero-order valence-electron chi connectivity index (χ0n) is 15.6. The van der Waals surface area contributed by atoms with E-state index in [9.17, 15) is 9.59 Å². The standard InChI is InChI=1S/C19H25N5O2S/c1-15-21-22-19(24(15)13-16-7-3-2-4-8-16)27-14-17(25)20-10-6-12-23-11-5-9-18(23)26/h2-4,7-8H,5-6,9-14H2,1H3,(H,20,25). The van der Waals surface area contributed by atoms with Crippen molar-refractivity contribution in [2.24, 2.45) is 0 Å². The predicted octanol–water partition coefficient (Wildman–Crippen LogP) is 1.86. The zero-order valence-corrected chi connectivity index (χ0v) is 16.4. The third kappa shape index (κ3) is 5.56. The normalized spacial score (nSPS) is 14.0. The third-order valence-electron chi connectivity index (χ3n) is 4.52. The van der Waals surface area contributed by atoms with Crippen LogP contribution in [0.4, 0.5) is 0 Å². The molecule has 0 aliphatic carbocycles. The maximum absolute atomic E-state index is 12.1. The van der Waals surface area contributed by atoms with E-state index in [1.807, 2.05) is 34.6 Å². The van der Waals surface area contributed by atoms with E-state index in [4.69, 9.17) is 0 Å². The minimum atomic E-state index is -0.0281. The lowest BCUT2D eigenvalue weighted by molar-refractivity contribution is -0.127. The molecule has 1 aliphatic rings. The topological polar surface area (TPSA) is 80.1 Å². The molecule has 27 heavy (non-hydrogen) atoms. The Kier molecular flexibility index (Phi) is 6.86. The van der Waals surface area contributed by atoms with Crippen molar-refractivity contribution >= 4 is 23.6 Å². The predicted molar refractivity (Wildman–Crippen MR) is 104 cm³/mol. The summed E-state index contributed by atoms with van der Waals surface area (Å²) in [7, 11) is 0. The van der Waals surface area contributed by atoms with Crippen molar-refractivity contribution < 1.29 is 9.59 Å². The number of benzene rings is 1. The molecule has 2 aromatic rings. The second-order valence-electron chi connectivity index (χ2n) is 6.58. The molecule has 8 heteroatoms. The molecule has 0 bridgehead atoms. The number of nitrogens with zero attached hydrogens (tertiary/aromatic N) is 4. The Morgan fingerprint density at radius 1 is 1.26 bits per heavy atom. The Morgan fingerprint density at radius 2 is 2.07 bits per heavy atom. The molecule has 1 aromatic carbocycles. The monoisotopic (exact) mass is 387 g/mol. The van der Waals surface area contributed by atoms with E-state index in [-0.39, 0.29) is 11.8 Å². The van der Waals surface area contributed by atoms with Gasteiger partial charge in [0.05, 0.1) is 12.3 Å². The first-order chi connectivity index (χ1) is 13.1. The van der Waals surface area contributed by atoms with Crippen LogP contribution >= 0.6 is 11.8 Å². The van der Waals surface area contributed by atoms with E-state index in [1.54, 1.807) is 0 Å². The molecule has 144 valence electrons. The minimum absolute atomic E-state index is 0.0281. The van der Waals surface area contributed by atoms with Crippen LogP contribution in [-0.2, 0) is 16.1 Å². The second kappa shape index (κ2) is 9.55. The molecule has 1 aromatic heterocycles. The third-order valence-corrected chi connectivity index (χ3v) is 5.48. The molecule has 0 atom stereocenters. The summed E-state index contributed by atoms with van der Waals surface area (Å²) >= 11 is 1.39. The number of aryl methyl sites for hydroxylation is 1. The SMILES string of the molecule is Cc1nnc(SCC(=O)NCCCN2CCCC2=O)n1Cc1ccccc1. The molecule has 1 N–H and O–H groups in total. The molecule has 7 nitrogen and oxygen atoms in total. The van der Waals surface area contributed by atoms with Crippen LogP contribution in [0.25, 0.3) is 0 Å². The summed E-state index contributed by atoms with van der Waals surface area (Å²) in [6.45, 7) is 4.75. The van der Waals surface area contributed by atoms with Gasteiger partial charge in [0.15, 0.2) is 5.16 Å². The highest BCUT2D eigenvalue weighted by Gasteiger charge is 2.19. The van der Waals surface area contributed by atoms with Gasteiger partial charge in [-0.15, -0.1) is 10.2 Å². The Bertz CT molecular complexity index is 778. The van der Waals surface area contributed by atoms with Crippen LogP contribution < -0.4 is 5.32 Å². The fourth-order valence-corrected chi connectivity index (χ4v) is 3.85. The highest BCUT2D eigenvalue weighted by molar-refractivity contribution is 7.99. The number of carbonyl (C=O) groups is 2. The molecule has 2 heterocycles. The van der Waals surface area contributed by atoms with Gasteiger partial charge in [0.2, 0.25) is 11.8 Å². The van der Waals surface area contributed by atoms with Crippen molar-refractivity contribution in [2.75, 3.05) is 25.4 Å². The van der Waals surface area contributed by atoms with Crippen molar-refractivity contribution in [3.05, 3.63) is 41.7 Å². The molecule has 0 spiro atoms. The van der Waals surface area contributed by atoms with E-state index in [2.05, 4.69) is 27.6 Å². The average molecular weight is 388 g/mol. The number of likely N-dealkylation sites (tertiary alicyclic amines) is 1. The number of thioether (sulfide) groups is 1. The van der Waals surface area contributed by atoms with Crippen LogP contribution in [0.2, 0.25) is 0 Å². The van der Waals surface area contributed by atoms with Crippen LogP contribution in [0.3, 0.4) is 0 Å². The first kappa shape index (κ1) is 19.4. The van der Waals surface area contributed by atoms with E-state index in [0.717, 1.165) is 36.9 Å². The quantitative estimate of drug-likeness (QED) is 0.525. The molecule has 0 saturated carbocycles. The van der Waals surface area contributed by atoms with E-state index in [0.29, 0.717) is 25.3 Å². The number of rotatable bonds is 9. The molecule has 1 fully saturated rings. The minimum Gasteiger partial charge on any atom is -0.355 e. The van der Waals surface area contributed by atoms with Crippen molar-refractivity contribution in [1.29, 1.82) is 0 Å². The van der Waals surface area contributed by atoms with Gasteiger partial charge in [-0.25, -0.2) is 0 Å². The molecule has 0 radical (unpaired) electrons. The number of nitrogens with one attached hydrogen (secondary N) is 1. The second-order valence-corrected chi connectivity index (χ2v) is 7.52. The lowest BCUT2D eigenvalue weighted by Gasteiger charge is -2.15. The first-order valence-corrected chi connectivity index (χ1v) is 10.2. The van der Waals surface area contributed by atoms with Gasteiger partial charge in [0.25, 0.3) is 0 Å². The summed E-state index contributed by atoms with van der Waals surface area (Å²) < 4.78 is 2.02. The van der Waals surface area contributed by atoms with Crippen LogP contribution in [0.5, 0.6) is 0 Å². The Balaban J connectivity index is 1.41. The Morgan fingerprint density at radius 3 is 2.81 bits per heavy atom. The zero-order chi connectivity index (χ0) is 19.1. The van der Waals surface area contributed by atoms with Gasteiger partial charge >= 0.3 is 0 Å². The van der Waals surface area contributed by atoms with Crippen molar-refractivity contribution in [3.8, 4) is 0 Å². The summed E-state index contributed by atoms with van der Waals surface area (Å²) in [6, 6.07) is 10.1. The van der Waals surface area contributed by atoms with Gasteiger partial charge in [-0.2, -0.15) is 0 Å². The van der Waals surface area contributed by atoms with Gasteiger partial charge in [-0.3, -0.25) is 9.59 Å². The molecule has 2 amide bonds. The largest absolute Gasteiger partial charge is 0.355 e. The maximum atomic E-state index is 12.1. The van der Waals surface area contributed by atoms with Gasteiger partial charge < -0.3 is 14.8 Å². The highest BCUT2D eigenvalue weighted by Crippen LogP contribution is 2.18. The summed E-state index contributed by atoms with van der Waals surface area (Å²) in [4.78, 5) is 25.5. The lowest BCUT2D eigenvalue weighted by atomic mass is 10.2. The molecule has 0 unspecified atom stereocenters. The summed E-state index contributed by atoms with van der Waals surface area (Å²) in [5, 5.41) is 12.0. The van der Waals surface area contributed by atoms with Crippen LogP contribution in [0, 0.1) is 6.92 Å². The number of carbonyl (C=O) groups excluding carboxylic acids is 2.